The molecule has 0 unspecified atom stereocenters. The summed E-state index contributed by atoms with van der Waals surface area (Å²) in [5, 5.41) is 2.86. The van der Waals surface area contributed by atoms with E-state index in [1.165, 1.54) is 0 Å². The SMILES string of the molecule is CCOc1ccccc1CCC(=O)Nc1ccc(C(=O)c2nccn2C)cc1. The number of rotatable bonds is 8. The second kappa shape index (κ2) is 8.99. The standard InChI is InChI=1S/C22H23N3O3/c1-3-28-19-7-5-4-6-16(19)10-13-20(26)24-18-11-8-17(9-12-18)21(27)22-23-14-15-25(22)2/h4-9,11-12,14-15H,3,10,13H2,1-2H3,(H,24,26). The van der Waals surface area contributed by atoms with E-state index in [4.69, 9.17) is 4.74 Å². The Morgan fingerprint density at radius 2 is 1.86 bits per heavy atom. The quantitative estimate of drug-likeness (QED) is 0.609. The average molecular weight is 377 g/mol. The van der Waals surface area contributed by atoms with Crippen molar-refractivity contribution in [1.82, 2.24) is 9.55 Å². The number of nitrogens with one attached hydrogen (secondary N) is 1. The Morgan fingerprint density at radius 1 is 1.11 bits per heavy atom. The molecular formula is C22H23N3O3. The summed E-state index contributed by atoms with van der Waals surface area (Å²) in [7, 11) is 1.78. The van der Waals surface area contributed by atoms with E-state index in [0.29, 0.717) is 36.5 Å². The predicted molar refractivity (Wildman–Crippen MR) is 108 cm³/mol. The minimum absolute atomic E-state index is 0.0884. The molecule has 2 aromatic carbocycles. The number of hydrogen-bond donors (Lipinski definition) is 1. The maximum absolute atomic E-state index is 12.4. The van der Waals surface area contributed by atoms with Crippen molar-refractivity contribution in [3.63, 3.8) is 0 Å². The van der Waals surface area contributed by atoms with Gasteiger partial charge in [0.15, 0.2) is 5.82 Å². The van der Waals surface area contributed by atoms with Crippen molar-refractivity contribution in [2.45, 2.75) is 19.8 Å². The zero-order chi connectivity index (χ0) is 19.9. The van der Waals surface area contributed by atoms with E-state index < -0.39 is 0 Å². The van der Waals surface area contributed by atoms with Crippen LogP contribution in [-0.4, -0.2) is 27.8 Å². The number of anilines is 1. The average Bonchev–Trinajstić information content (AvgIpc) is 3.13. The van der Waals surface area contributed by atoms with Gasteiger partial charge in [-0.05, 0) is 49.2 Å². The summed E-state index contributed by atoms with van der Waals surface area (Å²) in [5.41, 5.74) is 2.19. The van der Waals surface area contributed by atoms with Gasteiger partial charge in [0.2, 0.25) is 11.7 Å². The van der Waals surface area contributed by atoms with Crippen molar-refractivity contribution in [3.8, 4) is 5.75 Å². The Labute approximate surface area is 164 Å². The molecule has 28 heavy (non-hydrogen) atoms. The zero-order valence-corrected chi connectivity index (χ0v) is 16.0. The number of carbonyl (C=O) groups excluding carboxylic acids is 2. The Balaban J connectivity index is 1.58. The second-order valence-corrected chi connectivity index (χ2v) is 6.36. The lowest BCUT2D eigenvalue weighted by Crippen LogP contribution is -2.13. The maximum Gasteiger partial charge on any atom is 0.228 e. The Kier molecular flexibility index (Phi) is 6.22. The van der Waals surface area contributed by atoms with Crippen LogP contribution in [0.5, 0.6) is 5.75 Å². The molecule has 0 saturated carbocycles. The van der Waals surface area contributed by atoms with Crippen LogP contribution in [0, 0.1) is 0 Å². The van der Waals surface area contributed by atoms with E-state index in [-0.39, 0.29) is 11.7 Å². The number of para-hydroxylation sites is 1. The number of ether oxygens (including phenoxy) is 1. The molecule has 0 spiro atoms. The van der Waals surface area contributed by atoms with E-state index >= 15 is 0 Å². The number of imidazole rings is 1. The minimum atomic E-state index is -0.155. The highest BCUT2D eigenvalue weighted by atomic mass is 16.5. The van der Waals surface area contributed by atoms with Crippen LogP contribution in [0.4, 0.5) is 5.69 Å². The molecule has 0 aliphatic carbocycles. The molecule has 6 heteroatoms. The van der Waals surface area contributed by atoms with Crippen molar-refractivity contribution >= 4 is 17.4 Å². The third-order valence-electron chi connectivity index (χ3n) is 4.35. The summed E-state index contributed by atoms with van der Waals surface area (Å²) in [6, 6.07) is 14.6. The van der Waals surface area contributed by atoms with E-state index in [1.54, 1.807) is 48.3 Å². The Bertz CT molecular complexity index is 961. The maximum atomic E-state index is 12.4. The molecule has 144 valence electrons. The number of benzene rings is 2. The lowest BCUT2D eigenvalue weighted by Gasteiger charge is -2.10. The summed E-state index contributed by atoms with van der Waals surface area (Å²) < 4.78 is 7.27. The van der Waals surface area contributed by atoms with Gasteiger partial charge in [-0.15, -0.1) is 0 Å². The van der Waals surface area contributed by atoms with E-state index in [2.05, 4.69) is 10.3 Å². The first kappa shape index (κ1) is 19.4. The molecule has 0 atom stereocenters. The molecule has 0 aliphatic heterocycles. The number of ketones is 1. The smallest absolute Gasteiger partial charge is 0.228 e. The van der Waals surface area contributed by atoms with Gasteiger partial charge in [-0.2, -0.15) is 0 Å². The fraction of sp³-hybridized carbons (Fsp3) is 0.227. The lowest BCUT2D eigenvalue weighted by atomic mass is 10.1. The Hall–Kier alpha value is -3.41. The molecule has 3 aromatic rings. The van der Waals surface area contributed by atoms with Crippen LogP contribution in [0.15, 0.2) is 60.9 Å². The minimum Gasteiger partial charge on any atom is -0.494 e. The lowest BCUT2D eigenvalue weighted by molar-refractivity contribution is -0.116. The first-order chi connectivity index (χ1) is 13.6. The van der Waals surface area contributed by atoms with Gasteiger partial charge in [0, 0.05) is 37.1 Å². The molecule has 3 rings (SSSR count). The van der Waals surface area contributed by atoms with E-state index in [1.807, 2.05) is 31.2 Å². The monoisotopic (exact) mass is 377 g/mol. The van der Waals surface area contributed by atoms with Gasteiger partial charge < -0.3 is 14.6 Å². The van der Waals surface area contributed by atoms with Gasteiger partial charge in [0.05, 0.1) is 6.61 Å². The molecule has 0 saturated heterocycles. The highest BCUT2D eigenvalue weighted by molar-refractivity contribution is 6.07. The summed E-state index contributed by atoms with van der Waals surface area (Å²) >= 11 is 0. The van der Waals surface area contributed by atoms with E-state index in [0.717, 1.165) is 11.3 Å². The highest BCUT2D eigenvalue weighted by Gasteiger charge is 2.14. The van der Waals surface area contributed by atoms with Crippen molar-refractivity contribution in [3.05, 3.63) is 77.9 Å². The van der Waals surface area contributed by atoms with Gasteiger partial charge in [-0.1, -0.05) is 18.2 Å². The topological polar surface area (TPSA) is 73.2 Å². The van der Waals surface area contributed by atoms with Crippen molar-refractivity contribution in [2.24, 2.45) is 7.05 Å². The van der Waals surface area contributed by atoms with Gasteiger partial charge in [0.25, 0.3) is 0 Å². The van der Waals surface area contributed by atoms with E-state index in [9.17, 15) is 9.59 Å². The second-order valence-electron chi connectivity index (χ2n) is 6.36. The van der Waals surface area contributed by atoms with Gasteiger partial charge in [0.1, 0.15) is 5.75 Å². The fourth-order valence-electron chi connectivity index (χ4n) is 2.90. The normalized spacial score (nSPS) is 10.5. The summed E-state index contributed by atoms with van der Waals surface area (Å²) in [6.07, 6.45) is 4.26. The van der Waals surface area contributed by atoms with Crippen LogP contribution in [0.3, 0.4) is 0 Å². The molecule has 1 amide bonds. The molecule has 1 aromatic heterocycles. The number of aromatic nitrogens is 2. The van der Waals surface area contributed by atoms with Crippen molar-refractivity contribution < 1.29 is 14.3 Å². The number of aryl methyl sites for hydroxylation is 2. The van der Waals surface area contributed by atoms with Gasteiger partial charge >= 0.3 is 0 Å². The van der Waals surface area contributed by atoms with Crippen molar-refractivity contribution in [2.75, 3.05) is 11.9 Å². The molecule has 0 bridgehead atoms. The molecule has 6 nitrogen and oxygen atoms in total. The largest absolute Gasteiger partial charge is 0.494 e. The fourth-order valence-corrected chi connectivity index (χ4v) is 2.90. The number of hydrogen-bond acceptors (Lipinski definition) is 4. The highest BCUT2D eigenvalue weighted by Crippen LogP contribution is 2.20. The summed E-state index contributed by atoms with van der Waals surface area (Å²) in [6.45, 7) is 2.53. The molecular weight excluding hydrogens is 354 g/mol. The predicted octanol–water partition coefficient (Wildman–Crippen LogP) is 3.62. The van der Waals surface area contributed by atoms with Crippen LogP contribution in [0.1, 0.15) is 35.1 Å². The molecule has 1 N–H and O–H groups in total. The number of amides is 1. The van der Waals surface area contributed by atoms with Gasteiger partial charge in [-0.3, -0.25) is 9.59 Å². The first-order valence-electron chi connectivity index (χ1n) is 9.21. The number of nitrogens with zero attached hydrogens (tertiary/aromatic N) is 2. The van der Waals surface area contributed by atoms with Crippen LogP contribution in [0.25, 0.3) is 0 Å². The van der Waals surface area contributed by atoms with Crippen LogP contribution < -0.4 is 10.1 Å². The molecule has 0 fully saturated rings. The van der Waals surface area contributed by atoms with Crippen LogP contribution in [0.2, 0.25) is 0 Å². The first-order valence-corrected chi connectivity index (χ1v) is 9.21. The molecule has 0 radical (unpaired) electrons. The van der Waals surface area contributed by atoms with Crippen LogP contribution >= 0.6 is 0 Å². The Morgan fingerprint density at radius 3 is 2.54 bits per heavy atom. The van der Waals surface area contributed by atoms with Gasteiger partial charge in [-0.25, -0.2) is 4.98 Å². The number of carbonyl (C=O) groups is 2. The third kappa shape index (κ3) is 4.65. The summed E-state index contributed by atoms with van der Waals surface area (Å²) in [4.78, 5) is 28.8. The third-order valence-corrected chi connectivity index (χ3v) is 4.35. The zero-order valence-electron chi connectivity index (χ0n) is 16.0. The summed E-state index contributed by atoms with van der Waals surface area (Å²) in [5.74, 6) is 0.951. The molecule has 0 aliphatic rings. The molecule has 1 heterocycles. The van der Waals surface area contributed by atoms with Crippen LogP contribution in [-0.2, 0) is 18.3 Å². The van der Waals surface area contributed by atoms with Crippen molar-refractivity contribution in [1.29, 1.82) is 0 Å².